The van der Waals surface area contributed by atoms with Crippen LogP contribution in [-0.4, -0.2) is 34.5 Å². The van der Waals surface area contributed by atoms with E-state index in [1.165, 1.54) is 24.0 Å². The first-order valence-electron chi connectivity index (χ1n) is 7.21. The molecule has 2 aromatic heterocycles. The number of benzene rings is 1. The van der Waals surface area contributed by atoms with Crippen LogP contribution in [0.4, 0.5) is 5.82 Å². The number of rotatable bonds is 5. The number of carboxylic acid groups (broad SMARTS) is 1. The van der Waals surface area contributed by atoms with Crippen LogP contribution in [0.1, 0.15) is 15.9 Å². The van der Waals surface area contributed by atoms with Gasteiger partial charge in [0.05, 0.1) is 11.5 Å². The number of pyridine rings is 1. The molecule has 0 unspecified atom stereocenters. The lowest BCUT2D eigenvalue weighted by Crippen LogP contribution is -2.23. The number of aromatic carboxylic acids is 1. The molecule has 0 radical (unpaired) electrons. The van der Waals surface area contributed by atoms with Crippen LogP contribution >= 0.6 is 0 Å². The molecule has 0 saturated heterocycles. The minimum Gasteiger partial charge on any atom is -0.545 e. The van der Waals surface area contributed by atoms with Gasteiger partial charge in [-0.15, -0.1) is 0 Å². The third kappa shape index (κ3) is 3.26. The molecule has 0 amide bonds. The lowest BCUT2D eigenvalue weighted by molar-refractivity contribution is -0.255. The summed E-state index contributed by atoms with van der Waals surface area (Å²) in [5.74, 6) is -0.438. The largest absolute Gasteiger partial charge is 0.545 e. The van der Waals surface area contributed by atoms with Crippen molar-refractivity contribution in [3.05, 3.63) is 60.2 Å². The molecule has 1 aromatic carbocycles. The predicted octanol–water partition coefficient (Wildman–Crippen LogP) is 1.07. The van der Waals surface area contributed by atoms with E-state index in [1.54, 1.807) is 18.5 Å². The minimum absolute atomic E-state index is 0.113. The Hall–Kier alpha value is -3.02. The Morgan fingerprint density at radius 2 is 1.96 bits per heavy atom. The maximum atomic E-state index is 11.0. The van der Waals surface area contributed by atoms with Gasteiger partial charge in [0.1, 0.15) is 12.1 Å². The number of carboxylic acids is 1. The van der Waals surface area contributed by atoms with Gasteiger partial charge in [-0.1, -0.05) is 6.07 Å². The van der Waals surface area contributed by atoms with Crippen molar-refractivity contribution in [3.8, 4) is 0 Å². The van der Waals surface area contributed by atoms with E-state index in [2.05, 4.69) is 15.0 Å². The Labute approximate surface area is 133 Å². The van der Waals surface area contributed by atoms with Crippen molar-refractivity contribution in [3.63, 3.8) is 0 Å². The van der Waals surface area contributed by atoms with Crippen LogP contribution in [0.2, 0.25) is 0 Å². The first-order chi connectivity index (χ1) is 11.1. The zero-order valence-electron chi connectivity index (χ0n) is 12.6. The molecule has 3 aromatic rings. The van der Waals surface area contributed by atoms with Gasteiger partial charge in [0.15, 0.2) is 0 Å². The molecule has 0 aliphatic rings. The number of hydrogen-bond acceptors (Lipinski definition) is 6. The van der Waals surface area contributed by atoms with Crippen LogP contribution in [0.5, 0.6) is 0 Å². The topological polar surface area (TPSA) is 82.0 Å². The summed E-state index contributed by atoms with van der Waals surface area (Å²) in [4.78, 5) is 25.5. The molecule has 0 atom stereocenters. The van der Waals surface area contributed by atoms with Crippen molar-refractivity contribution in [1.82, 2.24) is 15.0 Å². The average Bonchev–Trinajstić information content (AvgIpc) is 2.59. The molecule has 116 valence electrons. The van der Waals surface area contributed by atoms with Gasteiger partial charge in [0.25, 0.3) is 0 Å². The first-order valence-corrected chi connectivity index (χ1v) is 7.21. The highest BCUT2D eigenvalue weighted by atomic mass is 16.4. The van der Waals surface area contributed by atoms with Crippen LogP contribution in [0.25, 0.3) is 10.9 Å². The SMILES string of the molecule is CN(CCc1ccncc1)c1ncnc2cc(C(=O)[O-])ccc12. The lowest BCUT2D eigenvalue weighted by atomic mass is 10.1. The Morgan fingerprint density at radius 3 is 2.70 bits per heavy atom. The maximum Gasteiger partial charge on any atom is 0.139 e. The summed E-state index contributed by atoms with van der Waals surface area (Å²) < 4.78 is 0. The molecule has 6 nitrogen and oxygen atoms in total. The van der Waals surface area contributed by atoms with E-state index in [9.17, 15) is 9.90 Å². The zero-order valence-corrected chi connectivity index (χ0v) is 12.6. The van der Waals surface area contributed by atoms with Gasteiger partial charge in [-0.25, -0.2) is 9.97 Å². The predicted molar refractivity (Wildman–Crippen MR) is 85.1 cm³/mol. The molecular weight excluding hydrogens is 292 g/mol. The van der Waals surface area contributed by atoms with Gasteiger partial charge in [-0.05, 0) is 41.8 Å². The van der Waals surface area contributed by atoms with Crippen molar-refractivity contribution in [2.45, 2.75) is 6.42 Å². The van der Waals surface area contributed by atoms with Gasteiger partial charge in [0.2, 0.25) is 0 Å². The molecule has 0 aliphatic heterocycles. The van der Waals surface area contributed by atoms with Crippen LogP contribution in [-0.2, 0) is 6.42 Å². The molecular formula is C17H15N4O2-. The van der Waals surface area contributed by atoms with E-state index in [1.807, 2.05) is 24.1 Å². The van der Waals surface area contributed by atoms with Crippen molar-refractivity contribution in [1.29, 1.82) is 0 Å². The van der Waals surface area contributed by atoms with Gasteiger partial charge in [0, 0.05) is 31.4 Å². The molecule has 0 N–H and O–H groups in total. The summed E-state index contributed by atoms with van der Waals surface area (Å²) in [6, 6.07) is 8.71. The molecule has 0 fully saturated rings. The smallest absolute Gasteiger partial charge is 0.139 e. The van der Waals surface area contributed by atoms with E-state index in [-0.39, 0.29) is 5.56 Å². The van der Waals surface area contributed by atoms with Crippen molar-refractivity contribution < 1.29 is 9.90 Å². The summed E-state index contributed by atoms with van der Waals surface area (Å²) >= 11 is 0. The molecule has 0 aliphatic carbocycles. The van der Waals surface area contributed by atoms with Crippen LogP contribution < -0.4 is 10.0 Å². The number of hydrogen-bond donors (Lipinski definition) is 0. The van der Waals surface area contributed by atoms with Gasteiger partial charge in [-0.2, -0.15) is 0 Å². The second-order valence-corrected chi connectivity index (χ2v) is 5.24. The molecule has 0 spiro atoms. The minimum atomic E-state index is -1.21. The summed E-state index contributed by atoms with van der Waals surface area (Å²) in [5.41, 5.74) is 1.90. The van der Waals surface area contributed by atoms with Crippen molar-refractivity contribution >= 4 is 22.7 Å². The molecule has 3 rings (SSSR count). The number of likely N-dealkylation sites (N-methyl/N-ethyl adjacent to an activating group) is 1. The summed E-state index contributed by atoms with van der Waals surface area (Å²) in [6.07, 6.45) is 5.86. The van der Waals surface area contributed by atoms with Gasteiger partial charge in [-0.3, -0.25) is 4.98 Å². The first kappa shape index (κ1) is 14.9. The maximum absolute atomic E-state index is 11.0. The fourth-order valence-corrected chi connectivity index (χ4v) is 2.43. The Bertz CT molecular complexity index is 836. The highest BCUT2D eigenvalue weighted by Gasteiger charge is 2.09. The van der Waals surface area contributed by atoms with Crippen LogP contribution in [0.3, 0.4) is 0 Å². The van der Waals surface area contributed by atoms with Crippen LogP contribution in [0, 0.1) is 0 Å². The fraction of sp³-hybridized carbons (Fsp3) is 0.176. The molecule has 23 heavy (non-hydrogen) atoms. The second kappa shape index (κ2) is 6.39. The third-order valence-electron chi connectivity index (χ3n) is 3.70. The van der Waals surface area contributed by atoms with Crippen LogP contribution in [0.15, 0.2) is 49.1 Å². The second-order valence-electron chi connectivity index (χ2n) is 5.24. The normalized spacial score (nSPS) is 10.7. The molecule has 0 saturated carbocycles. The monoisotopic (exact) mass is 307 g/mol. The van der Waals surface area contributed by atoms with Crippen molar-refractivity contribution in [2.24, 2.45) is 0 Å². The van der Waals surface area contributed by atoms with E-state index >= 15 is 0 Å². The fourth-order valence-electron chi connectivity index (χ4n) is 2.43. The molecule has 6 heteroatoms. The van der Waals surface area contributed by atoms with Crippen molar-refractivity contribution in [2.75, 3.05) is 18.5 Å². The number of nitrogens with zero attached hydrogens (tertiary/aromatic N) is 4. The average molecular weight is 307 g/mol. The number of aromatic nitrogens is 3. The number of carbonyl (C=O) groups excluding carboxylic acids is 1. The number of carbonyl (C=O) groups is 1. The molecule has 0 bridgehead atoms. The summed E-state index contributed by atoms with van der Waals surface area (Å²) in [6.45, 7) is 0.776. The highest BCUT2D eigenvalue weighted by Crippen LogP contribution is 2.23. The van der Waals surface area contributed by atoms with E-state index in [4.69, 9.17) is 0 Å². The number of anilines is 1. The van der Waals surface area contributed by atoms with E-state index in [0.717, 1.165) is 24.2 Å². The van der Waals surface area contributed by atoms with Gasteiger partial charge >= 0.3 is 0 Å². The van der Waals surface area contributed by atoms with E-state index in [0.29, 0.717) is 5.52 Å². The lowest BCUT2D eigenvalue weighted by Gasteiger charge is -2.19. The molecule has 2 heterocycles. The highest BCUT2D eigenvalue weighted by molar-refractivity contribution is 5.95. The Morgan fingerprint density at radius 1 is 1.17 bits per heavy atom. The summed E-state index contributed by atoms with van der Waals surface area (Å²) in [7, 11) is 1.95. The zero-order chi connectivity index (χ0) is 16.2. The number of fused-ring (bicyclic) bond motifs is 1. The van der Waals surface area contributed by atoms with Gasteiger partial charge < -0.3 is 14.8 Å². The summed E-state index contributed by atoms with van der Waals surface area (Å²) in [5, 5.41) is 11.8. The Balaban J connectivity index is 1.85. The third-order valence-corrected chi connectivity index (χ3v) is 3.70. The standard InChI is InChI=1S/C17H16N4O2/c1-21(9-6-12-4-7-18-8-5-12)16-14-3-2-13(17(22)23)10-15(14)19-11-20-16/h2-5,7-8,10-11H,6,9H2,1H3,(H,22,23)/p-1. The quantitative estimate of drug-likeness (QED) is 0.701. The Kier molecular flexibility index (Phi) is 4.14. The van der Waals surface area contributed by atoms with E-state index < -0.39 is 5.97 Å².